The van der Waals surface area contributed by atoms with E-state index in [1.807, 2.05) is 29.2 Å². The van der Waals surface area contributed by atoms with Gasteiger partial charge in [-0.25, -0.2) is 4.68 Å². The second-order valence-electron chi connectivity index (χ2n) is 6.21. The second-order valence-corrected chi connectivity index (χ2v) is 6.21. The van der Waals surface area contributed by atoms with Crippen molar-refractivity contribution in [2.45, 2.75) is 25.3 Å². The number of benzene rings is 1. The number of carbonyl (C=O) groups is 2. The van der Waals surface area contributed by atoms with Gasteiger partial charge in [0.2, 0.25) is 11.9 Å². The van der Waals surface area contributed by atoms with Crippen LogP contribution in [0.2, 0.25) is 0 Å². The Bertz CT molecular complexity index is 797. The third-order valence-corrected chi connectivity index (χ3v) is 4.59. The zero-order chi connectivity index (χ0) is 17.2. The fraction of sp³-hybridized carbons (Fsp3) is 0.412. The summed E-state index contributed by atoms with van der Waals surface area (Å²) < 4.78 is 7.48. The van der Waals surface area contributed by atoms with E-state index >= 15 is 0 Å². The molecule has 1 fully saturated rings. The Kier molecular flexibility index (Phi) is 4.09. The predicted molar refractivity (Wildman–Crippen MR) is 89.2 cm³/mol. The van der Waals surface area contributed by atoms with Gasteiger partial charge in [-0.1, -0.05) is 18.2 Å². The van der Waals surface area contributed by atoms with E-state index in [0.717, 1.165) is 31.5 Å². The van der Waals surface area contributed by atoms with Crippen LogP contribution in [0.25, 0.3) is 0 Å². The number of nitrogens with zero attached hydrogens (tertiary/aromatic N) is 4. The van der Waals surface area contributed by atoms with E-state index in [4.69, 9.17) is 4.74 Å². The van der Waals surface area contributed by atoms with Crippen molar-refractivity contribution in [2.75, 3.05) is 25.0 Å². The van der Waals surface area contributed by atoms with Crippen LogP contribution < -0.4 is 10.1 Å². The van der Waals surface area contributed by atoms with E-state index in [1.54, 1.807) is 4.68 Å². The molecule has 130 valence electrons. The fourth-order valence-electron chi connectivity index (χ4n) is 3.33. The summed E-state index contributed by atoms with van der Waals surface area (Å²) in [6.45, 7) is 1.60. The van der Waals surface area contributed by atoms with Gasteiger partial charge in [0.25, 0.3) is 5.91 Å². The van der Waals surface area contributed by atoms with Crippen LogP contribution in [0.1, 0.15) is 30.9 Å². The first-order chi connectivity index (χ1) is 12.2. The highest BCUT2D eigenvalue weighted by Crippen LogP contribution is 2.34. The smallest absolute Gasteiger partial charge is 0.260 e. The van der Waals surface area contributed by atoms with Crippen LogP contribution in [0.5, 0.6) is 5.75 Å². The minimum Gasteiger partial charge on any atom is -0.483 e. The molecule has 0 spiro atoms. The van der Waals surface area contributed by atoms with Gasteiger partial charge in [-0.05, 0) is 18.9 Å². The van der Waals surface area contributed by atoms with E-state index in [0.29, 0.717) is 11.7 Å². The minimum absolute atomic E-state index is 0.000143. The van der Waals surface area contributed by atoms with Gasteiger partial charge in [0.15, 0.2) is 6.61 Å². The number of rotatable bonds is 4. The van der Waals surface area contributed by atoms with Gasteiger partial charge in [0, 0.05) is 18.7 Å². The Morgan fingerprint density at radius 2 is 2.08 bits per heavy atom. The normalized spacial score (nSPS) is 19.4. The van der Waals surface area contributed by atoms with Crippen LogP contribution in [-0.4, -0.2) is 51.2 Å². The Balaban J connectivity index is 1.55. The molecule has 25 heavy (non-hydrogen) atoms. The molecular formula is C17H19N5O3. The molecule has 2 aromatic rings. The zero-order valence-corrected chi connectivity index (χ0v) is 13.7. The van der Waals surface area contributed by atoms with Crippen LogP contribution in [-0.2, 0) is 9.59 Å². The van der Waals surface area contributed by atoms with Crippen LogP contribution in [0, 0.1) is 0 Å². The highest BCUT2D eigenvalue weighted by Gasteiger charge is 2.30. The number of ether oxygens (including phenoxy) is 1. The van der Waals surface area contributed by atoms with Gasteiger partial charge < -0.3 is 9.64 Å². The van der Waals surface area contributed by atoms with Gasteiger partial charge in [0.05, 0.1) is 12.5 Å². The first-order valence-electron chi connectivity index (χ1n) is 8.41. The molecule has 0 aliphatic carbocycles. The maximum Gasteiger partial charge on any atom is 0.260 e. The number of hydrogen-bond donors (Lipinski definition) is 1. The maximum atomic E-state index is 12.2. The number of nitrogens with one attached hydrogen (secondary N) is 1. The first-order valence-corrected chi connectivity index (χ1v) is 8.41. The van der Waals surface area contributed by atoms with Gasteiger partial charge in [-0.3, -0.25) is 14.9 Å². The van der Waals surface area contributed by atoms with Crippen LogP contribution in [0.15, 0.2) is 30.6 Å². The van der Waals surface area contributed by atoms with E-state index in [2.05, 4.69) is 15.4 Å². The van der Waals surface area contributed by atoms with Gasteiger partial charge in [-0.15, -0.1) is 0 Å². The first kappa shape index (κ1) is 15.6. The Labute approximate surface area is 144 Å². The molecule has 0 bridgehead atoms. The lowest BCUT2D eigenvalue weighted by Gasteiger charge is -2.25. The molecule has 8 nitrogen and oxygen atoms in total. The van der Waals surface area contributed by atoms with Gasteiger partial charge in [0.1, 0.15) is 12.1 Å². The number of likely N-dealkylation sites (tertiary alicyclic amines) is 1. The Hall–Kier alpha value is -2.90. The molecule has 1 unspecified atom stereocenters. The molecule has 1 saturated heterocycles. The summed E-state index contributed by atoms with van der Waals surface area (Å²) in [6.07, 6.45) is 3.76. The van der Waals surface area contributed by atoms with Crippen molar-refractivity contribution in [1.82, 2.24) is 19.7 Å². The molecule has 1 aromatic carbocycles. The lowest BCUT2D eigenvalue weighted by atomic mass is 10.0. The quantitative estimate of drug-likeness (QED) is 0.903. The standard InChI is InChI=1S/C17H19N5O3/c23-15-9-13(22-17(20-15)18-11-19-22)12-5-1-2-6-14(12)25-10-16(24)21-7-3-4-8-21/h1-2,5-6,11,13H,3-4,7-10H2,(H,18,19,20,23). The topological polar surface area (TPSA) is 89.4 Å². The van der Waals surface area contributed by atoms with Crippen LogP contribution >= 0.6 is 0 Å². The third-order valence-electron chi connectivity index (χ3n) is 4.59. The highest BCUT2D eigenvalue weighted by molar-refractivity contribution is 5.91. The van der Waals surface area contributed by atoms with E-state index in [1.165, 1.54) is 6.33 Å². The van der Waals surface area contributed by atoms with Gasteiger partial charge >= 0.3 is 0 Å². The summed E-state index contributed by atoms with van der Waals surface area (Å²) in [4.78, 5) is 30.1. The largest absolute Gasteiger partial charge is 0.483 e. The number of carbonyl (C=O) groups excluding carboxylic acids is 2. The number of amides is 2. The summed E-state index contributed by atoms with van der Waals surface area (Å²) in [5, 5.41) is 6.90. The number of anilines is 1. The second kappa shape index (κ2) is 6.54. The van der Waals surface area contributed by atoms with Crippen molar-refractivity contribution >= 4 is 17.8 Å². The molecule has 8 heteroatoms. The Morgan fingerprint density at radius 3 is 2.92 bits per heavy atom. The average Bonchev–Trinajstić information content (AvgIpc) is 3.30. The average molecular weight is 341 g/mol. The van der Waals surface area contributed by atoms with E-state index < -0.39 is 0 Å². The number of aromatic nitrogens is 3. The predicted octanol–water partition coefficient (Wildman–Crippen LogP) is 1.21. The minimum atomic E-state index is -0.302. The zero-order valence-electron chi connectivity index (χ0n) is 13.7. The number of para-hydroxylation sites is 1. The molecule has 4 rings (SSSR count). The summed E-state index contributed by atoms with van der Waals surface area (Å²) >= 11 is 0. The molecule has 1 aromatic heterocycles. The fourth-order valence-corrected chi connectivity index (χ4v) is 3.33. The van der Waals surface area contributed by atoms with Crippen molar-refractivity contribution in [3.05, 3.63) is 36.2 Å². The summed E-state index contributed by atoms with van der Waals surface area (Å²) in [5.41, 5.74) is 0.818. The van der Waals surface area contributed by atoms with Crippen molar-refractivity contribution in [1.29, 1.82) is 0 Å². The molecule has 2 aliphatic heterocycles. The van der Waals surface area contributed by atoms with Crippen molar-refractivity contribution in [3.63, 3.8) is 0 Å². The maximum absolute atomic E-state index is 12.2. The van der Waals surface area contributed by atoms with Gasteiger partial charge in [-0.2, -0.15) is 10.1 Å². The van der Waals surface area contributed by atoms with Crippen molar-refractivity contribution < 1.29 is 14.3 Å². The molecule has 3 heterocycles. The summed E-state index contributed by atoms with van der Waals surface area (Å²) in [6, 6.07) is 7.14. The summed E-state index contributed by atoms with van der Waals surface area (Å²) in [5.74, 6) is 0.893. The third kappa shape index (κ3) is 3.07. The van der Waals surface area contributed by atoms with Crippen molar-refractivity contribution in [3.8, 4) is 5.75 Å². The Morgan fingerprint density at radius 1 is 1.28 bits per heavy atom. The monoisotopic (exact) mass is 341 g/mol. The van der Waals surface area contributed by atoms with Crippen LogP contribution in [0.3, 0.4) is 0 Å². The summed E-state index contributed by atoms with van der Waals surface area (Å²) in [7, 11) is 0. The molecule has 2 aliphatic rings. The van der Waals surface area contributed by atoms with Crippen molar-refractivity contribution in [2.24, 2.45) is 0 Å². The molecule has 0 radical (unpaired) electrons. The lowest BCUT2D eigenvalue weighted by Crippen LogP contribution is -2.33. The molecule has 2 amide bonds. The molecular weight excluding hydrogens is 322 g/mol. The molecule has 1 atom stereocenters. The SMILES string of the molecule is O=C1CC(c2ccccc2OCC(=O)N2CCCC2)n2ncnc2N1. The highest BCUT2D eigenvalue weighted by atomic mass is 16.5. The molecule has 0 saturated carbocycles. The van der Waals surface area contributed by atoms with E-state index in [9.17, 15) is 9.59 Å². The molecule has 1 N–H and O–H groups in total. The number of fused-ring (bicyclic) bond motifs is 1. The van der Waals surface area contributed by atoms with E-state index in [-0.39, 0.29) is 30.9 Å². The van der Waals surface area contributed by atoms with Crippen LogP contribution in [0.4, 0.5) is 5.95 Å². The number of hydrogen-bond acceptors (Lipinski definition) is 5. The lowest BCUT2D eigenvalue weighted by molar-refractivity contribution is -0.132.